The van der Waals surface area contributed by atoms with E-state index in [2.05, 4.69) is 0 Å². The molecule has 0 aliphatic heterocycles. The van der Waals surface area contributed by atoms with Crippen LogP contribution < -0.4 is 0 Å². The summed E-state index contributed by atoms with van der Waals surface area (Å²) in [6.45, 7) is 15.3. The molecule has 0 aromatic carbocycles. The molecule has 15 heavy (non-hydrogen) atoms. The molecule has 0 spiro atoms. The molecule has 0 saturated heterocycles. The van der Waals surface area contributed by atoms with Gasteiger partial charge in [0.15, 0.2) is 0 Å². The highest BCUT2D eigenvalue weighted by atomic mass is 16.6. The SMILES string of the molecule is CCN(C(=O)OCC(C)(C)C)C(C)(C)C. The van der Waals surface area contributed by atoms with Gasteiger partial charge in [0.2, 0.25) is 0 Å². The van der Waals surface area contributed by atoms with Crippen molar-refractivity contribution in [1.29, 1.82) is 0 Å². The second kappa shape index (κ2) is 4.86. The summed E-state index contributed by atoms with van der Waals surface area (Å²) >= 11 is 0. The number of rotatable bonds is 2. The number of carbonyl (C=O) groups is 1. The van der Waals surface area contributed by atoms with Gasteiger partial charge in [0, 0.05) is 12.1 Å². The van der Waals surface area contributed by atoms with Crippen molar-refractivity contribution in [3.63, 3.8) is 0 Å². The number of hydrogen-bond donors (Lipinski definition) is 0. The standard InChI is InChI=1S/C12H25NO2/c1-8-13(12(5,6)7)10(14)15-9-11(2,3)4/h8-9H2,1-7H3. The minimum Gasteiger partial charge on any atom is -0.449 e. The number of amides is 1. The van der Waals surface area contributed by atoms with Crippen molar-refractivity contribution in [3.05, 3.63) is 0 Å². The number of hydrogen-bond acceptors (Lipinski definition) is 2. The highest BCUT2D eigenvalue weighted by Crippen LogP contribution is 2.17. The maximum Gasteiger partial charge on any atom is 0.410 e. The van der Waals surface area contributed by atoms with Gasteiger partial charge in [0.1, 0.15) is 0 Å². The second-order valence-corrected chi connectivity index (χ2v) is 6.03. The molecule has 0 aromatic heterocycles. The number of nitrogens with zero attached hydrogens (tertiary/aromatic N) is 1. The number of ether oxygens (including phenoxy) is 1. The Hall–Kier alpha value is -0.730. The van der Waals surface area contributed by atoms with Crippen molar-refractivity contribution < 1.29 is 9.53 Å². The van der Waals surface area contributed by atoms with Gasteiger partial charge in [-0.05, 0) is 33.1 Å². The molecule has 90 valence electrons. The van der Waals surface area contributed by atoms with Gasteiger partial charge in [-0.25, -0.2) is 4.79 Å². The summed E-state index contributed by atoms with van der Waals surface area (Å²) in [5.41, 5.74) is -0.156. The molecular weight excluding hydrogens is 190 g/mol. The van der Waals surface area contributed by atoms with Crippen molar-refractivity contribution in [2.45, 2.75) is 54.0 Å². The molecule has 0 aliphatic carbocycles. The third-order valence-corrected chi connectivity index (χ3v) is 1.98. The molecule has 3 nitrogen and oxygen atoms in total. The van der Waals surface area contributed by atoms with Crippen LogP contribution in [0.15, 0.2) is 0 Å². The van der Waals surface area contributed by atoms with Crippen LogP contribution in [-0.2, 0) is 4.74 Å². The van der Waals surface area contributed by atoms with E-state index >= 15 is 0 Å². The molecule has 0 saturated carbocycles. The minimum atomic E-state index is -0.222. The van der Waals surface area contributed by atoms with Crippen LogP contribution in [0.25, 0.3) is 0 Å². The Morgan fingerprint density at radius 1 is 1.13 bits per heavy atom. The Balaban J connectivity index is 4.31. The summed E-state index contributed by atoms with van der Waals surface area (Å²) in [5, 5.41) is 0. The molecule has 0 rings (SSSR count). The van der Waals surface area contributed by atoms with Crippen molar-refractivity contribution in [1.82, 2.24) is 4.90 Å². The lowest BCUT2D eigenvalue weighted by Gasteiger charge is -2.34. The van der Waals surface area contributed by atoms with Gasteiger partial charge < -0.3 is 9.64 Å². The monoisotopic (exact) mass is 215 g/mol. The van der Waals surface area contributed by atoms with E-state index in [1.54, 1.807) is 4.90 Å². The summed E-state index contributed by atoms with van der Waals surface area (Å²) in [4.78, 5) is 13.5. The van der Waals surface area contributed by atoms with Gasteiger partial charge in [-0.1, -0.05) is 20.8 Å². The lowest BCUT2D eigenvalue weighted by Crippen LogP contribution is -2.46. The molecule has 0 N–H and O–H groups in total. The van der Waals surface area contributed by atoms with Gasteiger partial charge in [0.25, 0.3) is 0 Å². The maximum absolute atomic E-state index is 11.8. The van der Waals surface area contributed by atoms with E-state index in [1.165, 1.54) is 0 Å². The minimum absolute atomic E-state index is 0.0208. The quantitative estimate of drug-likeness (QED) is 0.707. The Labute approximate surface area is 93.8 Å². The first-order valence-corrected chi connectivity index (χ1v) is 5.52. The molecule has 3 heteroatoms. The van der Waals surface area contributed by atoms with E-state index in [1.807, 2.05) is 48.5 Å². The van der Waals surface area contributed by atoms with Crippen LogP contribution in [0.1, 0.15) is 48.5 Å². The third kappa shape index (κ3) is 5.65. The van der Waals surface area contributed by atoms with Crippen LogP contribution in [0, 0.1) is 5.41 Å². The highest BCUT2D eigenvalue weighted by molar-refractivity contribution is 5.68. The van der Waals surface area contributed by atoms with Gasteiger partial charge >= 0.3 is 6.09 Å². The Bertz CT molecular complexity index is 211. The topological polar surface area (TPSA) is 29.5 Å². The summed E-state index contributed by atoms with van der Waals surface area (Å²) in [5.74, 6) is 0. The van der Waals surface area contributed by atoms with Crippen LogP contribution in [0.4, 0.5) is 4.79 Å². The molecule has 0 radical (unpaired) electrons. The Morgan fingerprint density at radius 3 is 1.87 bits per heavy atom. The largest absolute Gasteiger partial charge is 0.449 e. The van der Waals surface area contributed by atoms with Gasteiger partial charge in [0.05, 0.1) is 6.61 Å². The summed E-state index contributed by atoms with van der Waals surface area (Å²) in [7, 11) is 0. The van der Waals surface area contributed by atoms with E-state index in [0.29, 0.717) is 13.2 Å². The molecule has 0 atom stereocenters. The zero-order valence-corrected chi connectivity index (χ0v) is 11.2. The fourth-order valence-electron chi connectivity index (χ4n) is 1.23. The van der Waals surface area contributed by atoms with Crippen molar-refractivity contribution in [2.75, 3.05) is 13.2 Å². The molecule has 1 amide bonds. The number of carbonyl (C=O) groups excluding carboxylic acids is 1. The maximum atomic E-state index is 11.8. The first-order valence-electron chi connectivity index (χ1n) is 5.52. The summed E-state index contributed by atoms with van der Waals surface area (Å²) < 4.78 is 5.27. The predicted octanol–water partition coefficient (Wildman–Crippen LogP) is 3.29. The fourth-order valence-corrected chi connectivity index (χ4v) is 1.23. The van der Waals surface area contributed by atoms with Crippen molar-refractivity contribution >= 4 is 6.09 Å². The van der Waals surface area contributed by atoms with Crippen LogP contribution in [0.5, 0.6) is 0 Å². The average molecular weight is 215 g/mol. The van der Waals surface area contributed by atoms with Gasteiger partial charge in [-0.3, -0.25) is 0 Å². The lowest BCUT2D eigenvalue weighted by molar-refractivity contribution is 0.0483. The van der Waals surface area contributed by atoms with E-state index in [9.17, 15) is 4.79 Å². The van der Waals surface area contributed by atoms with Crippen molar-refractivity contribution in [2.24, 2.45) is 5.41 Å². The molecule has 0 unspecified atom stereocenters. The summed E-state index contributed by atoms with van der Waals surface area (Å²) in [6, 6.07) is 0. The van der Waals surface area contributed by atoms with Gasteiger partial charge in [-0.15, -0.1) is 0 Å². The van der Waals surface area contributed by atoms with E-state index in [4.69, 9.17) is 4.74 Å². The average Bonchev–Trinajstić information content (AvgIpc) is 1.98. The first-order chi connectivity index (χ1) is 6.58. The molecule has 0 aromatic rings. The fraction of sp³-hybridized carbons (Fsp3) is 0.917. The van der Waals surface area contributed by atoms with Crippen LogP contribution in [0.2, 0.25) is 0 Å². The van der Waals surface area contributed by atoms with Crippen LogP contribution >= 0.6 is 0 Å². The van der Waals surface area contributed by atoms with Crippen LogP contribution in [0.3, 0.4) is 0 Å². The molecule has 0 heterocycles. The second-order valence-electron chi connectivity index (χ2n) is 6.03. The zero-order chi connectivity index (χ0) is 12.3. The third-order valence-electron chi connectivity index (χ3n) is 1.98. The smallest absolute Gasteiger partial charge is 0.410 e. The molecule has 0 fully saturated rings. The van der Waals surface area contributed by atoms with Crippen molar-refractivity contribution in [3.8, 4) is 0 Å². The van der Waals surface area contributed by atoms with E-state index in [0.717, 1.165) is 0 Å². The normalized spacial score (nSPS) is 12.5. The van der Waals surface area contributed by atoms with E-state index < -0.39 is 0 Å². The molecule has 0 aliphatic rings. The zero-order valence-electron chi connectivity index (χ0n) is 11.2. The van der Waals surface area contributed by atoms with E-state index in [-0.39, 0.29) is 17.0 Å². The Kier molecular flexibility index (Phi) is 4.63. The first kappa shape index (κ1) is 14.3. The Morgan fingerprint density at radius 2 is 1.60 bits per heavy atom. The van der Waals surface area contributed by atoms with Gasteiger partial charge in [-0.2, -0.15) is 0 Å². The molecular formula is C12H25NO2. The van der Waals surface area contributed by atoms with Crippen LogP contribution in [-0.4, -0.2) is 29.7 Å². The highest BCUT2D eigenvalue weighted by Gasteiger charge is 2.27. The lowest BCUT2D eigenvalue weighted by atomic mass is 9.99. The molecule has 0 bridgehead atoms. The summed E-state index contributed by atoms with van der Waals surface area (Å²) in [6.07, 6.45) is -0.222. The predicted molar refractivity (Wildman–Crippen MR) is 62.9 cm³/mol.